The lowest BCUT2D eigenvalue weighted by molar-refractivity contribution is -0.134. The van der Waals surface area contributed by atoms with Crippen LogP contribution in [0.25, 0.3) is 0 Å². The van der Waals surface area contributed by atoms with E-state index in [-0.39, 0.29) is 6.54 Å². The molecule has 0 aliphatic carbocycles. The number of amides is 4. The molecule has 0 bridgehead atoms. The van der Waals surface area contributed by atoms with Crippen LogP contribution >= 0.6 is 11.6 Å². The van der Waals surface area contributed by atoms with Gasteiger partial charge < -0.3 is 10.6 Å². The van der Waals surface area contributed by atoms with Crippen LogP contribution < -0.4 is 10.6 Å². The molecule has 2 aromatic carbocycles. The molecule has 7 heteroatoms. The van der Waals surface area contributed by atoms with Crippen molar-refractivity contribution >= 4 is 35.1 Å². The second kappa shape index (κ2) is 7.64. The van der Waals surface area contributed by atoms with Crippen molar-refractivity contribution in [2.24, 2.45) is 0 Å². The maximum Gasteiger partial charge on any atom is 0.325 e. The van der Waals surface area contributed by atoms with Gasteiger partial charge in [0.25, 0.3) is 5.91 Å². The number of carbonyl (C=O) groups is 3. The van der Waals surface area contributed by atoms with Gasteiger partial charge in [-0.25, -0.2) is 4.79 Å². The summed E-state index contributed by atoms with van der Waals surface area (Å²) in [4.78, 5) is 39.0. The van der Waals surface area contributed by atoms with E-state index in [1.165, 1.54) is 0 Å². The number of urea groups is 1. The zero-order valence-corrected chi connectivity index (χ0v) is 16.8. The number of anilines is 1. The van der Waals surface area contributed by atoms with Crippen LogP contribution in [0.2, 0.25) is 5.02 Å². The minimum absolute atomic E-state index is 0.354. The molecule has 0 saturated carbocycles. The number of aryl methyl sites for hydroxylation is 2. The van der Waals surface area contributed by atoms with Gasteiger partial charge in [0.05, 0.1) is 0 Å². The van der Waals surface area contributed by atoms with E-state index in [9.17, 15) is 14.4 Å². The molecule has 4 amide bonds. The van der Waals surface area contributed by atoms with Gasteiger partial charge in [-0.1, -0.05) is 48.4 Å². The molecule has 28 heavy (non-hydrogen) atoms. The highest BCUT2D eigenvalue weighted by Crippen LogP contribution is 2.33. The van der Waals surface area contributed by atoms with Crippen LogP contribution in [0.5, 0.6) is 0 Å². The number of rotatable bonds is 5. The Labute approximate surface area is 168 Å². The molecule has 1 fully saturated rings. The van der Waals surface area contributed by atoms with Crippen LogP contribution in [-0.4, -0.2) is 29.3 Å². The lowest BCUT2D eigenvalue weighted by Crippen LogP contribution is -2.44. The van der Waals surface area contributed by atoms with Gasteiger partial charge in [-0.05, 0) is 49.6 Å². The number of nitrogens with zero attached hydrogens (tertiary/aromatic N) is 1. The summed E-state index contributed by atoms with van der Waals surface area (Å²) in [5.41, 5.74) is 2.09. The van der Waals surface area contributed by atoms with Crippen molar-refractivity contribution in [3.8, 4) is 0 Å². The largest absolute Gasteiger partial charge is 0.325 e. The standard InChI is InChI=1S/C21H22ClN3O3/c1-4-21(15-6-8-16(22)9-7-15)19(27)25(20(28)24-21)12-18(26)23-17-10-5-13(2)11-14(17)3/h5-11H,4,12H2,1-3H3,(H,23,26)(H,24,28). The van der Waals surface area contributed by atoms with Crippen molar-refractivity contribution in [2.75, 3.05) is 11.9 Å². The van der Waals surface area contributed by atoms with Gasteiger partial charge in [-0.15, -0.1) is 0 Å². The third kappa shape index (κ3) is 3.60. The van der Waals surface area contributed by atoms with Gasteiger partial charge in [-0.3, -0.25) is 14.5 Å². The Morgan fingerprint density at radius 1 is 1.14 bits per heavy atom. The van der Waals surface area contributed by atoms with E-state index in [2.05, 4.69) is 10.6 Å². The molecule has 1 atom stereocenters. The Kier molecular flexibility index (Phi) is 5.42. The predicted octanol–water partition coefficient (Wildman–Crippen LogP) is 3.75. The summed E-state index contributed by atoms with van der Waals surface area (Å²) in [6, 6.07) is 11.8. The molecule has 0 spiro atoms. The van der Waals surface area contributed by atoms with E-state index >= 15 is 0 Å². The first-order chi connectivity index (χ1) is 13.3. The fraction of sp³-hybridized carbons (Fsp3) is 0.286. The first kappa shape index (κ1) is 19.9. The quantitative estimate of drug-likeness (QED) is 0.751. The summed E-state index contributed by atoms with van der Waals surface area (Å²) in [5.74, 6) is -0.878. The number of imide groups is 1. The van der Waals surface area contributed by atoms with Crippen molar-refractivity contribution in [1.29, 1.82) is 0 Å². The molecular weight excluding hydrogens is 378 g/mol. The molecular formula is C21H22ClN3O3. The number of halogens is 1. The van der Waals surface area contributed by atoms with E-state index in [0.717, 1.165) is 16.0 Å². The first-order valence-corrected chi connectivity index (χ1v) is 9.42. The van der Waals surface area contributed by atoms with Gasteiger partial charge in [0, 0.05) is 10.7 Å². The Morgan fingerprint density at radius 3 is 2.43 bits per heavy atom. The first-order valence-electron chi connectivity index (χ1n) is 9.04. The molecule has 1 aliphatic rings. The highest BCUT2D eigenvalue weighted by molar-refractivity contribution is 6.30. The maximum atomic E-state index is 13.1. The molecule has 0 aromatic heterocycles. The normalized spacial score (nSPS) is 18.9. The Balaban J connectivity index is 1.79. The molecule has 1 aliphatic heterocycles. The molecule has 2 aromatic rings. The summed E-state index contributed by atoms with van der Waals surface area (Å²) in [7, 11) is 0. The fourth-order valence-electron chi connectivity index (χ4n) is 3.43. The summed E-state index contributed by atoms with van der Waals surface area (Å²) in [6.07, 6.45) is 0.356. The van der Waals surface area contributed by atoms with E-state index < -0.39 is 23.4 Å². The summed E-state index contributed by atoms with van der Waals surface area (Å²) in [6.45, 7) is 5.31. The molecule has 1 unspecified atom stereocenters. The number of carbonyl (C=O) groups excluding carboxylic acids is 3. The summed E-state index contributed by atoms with van der Waals surface area (Å²) in [5, 5.41) is 6.06. The number of nitrogens with one attached hydrogen (secondary N) is 2. The van der Waals surface area contributed by atoms with E-state index in [4.69, 9.17) is 11.6 Å². The molecule has 3 rings (SSSR count). The van der Waals surface area contributed by atoms with E-state index in [0.29, 0.717) is 22.7 Å². The van der Waals surface area contributed by atoms with Crippen molar-refractivity contribution in [1.82, 2.24) is 10.2 Å². The third-order valence-corrected chi connectivity index (χ3v) is 5.25. The minimum Gasteiger partial charge on any atom is -0.324 e. The number of benzene rings is 2. The molecule has 2 N–H and O–H groups in total. The number of hydrogen-bond acceptors (Lipinski definition) is 3. The van der Waals surface area contributed by atoms with Crippen LogP contribution in [0, 0.1) is 13.8 Å². The Bertz CT molecular complexity index is 942. The lowest BCUT2D eigenvalue weighted by atomic mass is 9.87. The lowest BCUT2D eigenvalue weighted by Gasteiger charge is -2.25. The average molecular weight is 400 g/mol. The van der Waals surface area contributed by atoms with E-state index in [1.807, 2.05) is 32.9 Å². The Hall–Kier alpha value is -2.86. The van der Waals surface area contributed by atoms with Crippen LogP contribution in [0.15, 0.2) is 42.5 Å². The van der Waals surface area contributed by atoms with Gasteiger partial charge in [-0.2, -0.15) is 0 Å². The second-order valence-electron chi connectivity index (χ2n) is 6.95. The average Bonchev–Trinajstić information content (AvgIpc) is 2.90. The summed E-state index contributed by atoms with van der Waals surface area (Å²) >= 11 is 5.93. The second-order valence-corrected chi connectivity index (χ2v) is 7.39. The predicted molar refractivity (Wildman–Crippen MR) is 108 cm³/mol. The van der Waals surface area contributed by atoms with Crippen molar-refractivity contribution in [3.63, 3.8) is 0 Å². The van der Waals surface area contributed by atoms with Gasteiger partial charge >= 0.3 is 6.03 Å². The summed E-state index contributed by atoms with van der Waals surface area (Å²) < 4.78 is 0. The van der Waals surface area contributed by atoms with Crippen molar-refractivity contribution in [3.05, 3.63) is 64.2 Å². The minimum atomic E-state index is -1.19. The van der Waals surface area contributed by atoms with E-state index in [1.54, 1.807) is 30.3 Å². The third-order valence-electron chi connectivity index (χ3n) is 5.00. The molecule has 1 heterocycles. The van der Waals surface area contributed by atoms with Crippen LogP contribution in [0.4, 0.5) is 10.5 Å². The van der Waals surface area contributed by atoms with Crippen LogP contribution in [0.3, 0.4) is 0 Å². The number of hydrogen-bond donors (Lipinski definition) is 2. The zero-order valence-electron chi connectivity index (χ0n) is 16.0. The Morgan fingerprint density at radius 2 is 1.82 bits per heavy atom. The van der Waals surface area contributed by atoms with Crippen LogP contribution in [0.1, 0.15) is 30.0 Å². The van der Waals surface area contributed by atoms with Crippen molar-refractivity contribution < 1.29 is 14.4 Å². The highest BCUT2D eigenvalue weighted by atomic mass is 35.5. The molecule has 0 radical (unpaired) electrons. The zero-order chi connectivity index (χ0) is 20.5. The smallest absolute Gasteiger partial charge is 0.324 e. The monoisotopic (exact) mass is 399 g/mol. The van der Waals surface area contributed by atoms with Gasteiger partial charge in [0.2, 0.25) is 5.91 Å². The molecule has 6 nitrogen and oxygen atoms in total. The van der Waals surface area contributed by atoms with Gasteiger partial charge in [0.15, 0.2) is 0 Å². The topological polar surface area (TPSA) is 78.5 Å². The van der Waals surface area contributed by atoms with Gasteiger partial charge in [0.1, 0.15) is 12.1 Å². The van der Waals surface area contributed by atoms with Crippen molar-refractivity contribution in [2.45, 2.75) is 32.7 Å². The SMILES string of the molecule is CCC1(c2ccc(Cl)cc2)NC(=O)N(CC(=O)Nc2ccc(C)cc2C)C1=O. The van der Waals surface area contributed by atoms with Crippen LogP contribution in [-0.2, 0) is 15.1 Å². The molecule has 146 valence electrons. The fourth-order valence-corrected chi connectivity index (χ4v) is 3.56. The maximum absolute atomic E-state index is 13.1. The molecule has 1 saturated heterocycles. The highest BCUT2D eigenvalue weighted by Gasteiger charge is 2.51.